The van der Waals surface area contributed by atoms with Crippen molar-refractivity contribution in [3.8, 4) is 0 Å². The summed E-state index contributed by atoms with van der Waals surface area (Å²) in [6, 6.07) is 7.50. The van der Waals surface area contributed by atoms with Crippen molar-refractivity contribution in [1.29, 1.82) is 0 Å². The van der Waals surface area contributed by atoms with Crippen LogP contribution in [-0.4, -0.2) is 11.0 Å². The smallest absolute Gasteiger partial charge is 0.331 e. The van der Waals surface area contributed by atoms with Gasteiger partial charge < -0.3 is 5.32 Å². The first-order valence-electron chi connectivity index (χ1n) is 7.18. The predicted molar refractivity (Wildman–Crippen MR) is 106 cm³/mol. The number of alkyl halides is 3. The first-order chi connectivity index (χ1) is 12.6. The molecule has 1 amide bonds. The summed E-state index contributed by atoms with van der Waals surface area (Å²) in [5.41, 5.74) is -0.198. The Morgan fingerprint density at radius 1 is 1.04 bits per heavy atom. The standard InChI is InChI=1S/C17H10Cl3F3N2OS/c18-11-4-1-9(12(19)8-11)2-6-15(26)25-16(27)24-14-5-3-10(7-13(14)20)17(21,22)23/h1-8H,(H2,24,25,26,27)/b6-2+. The minimum atomic E-state index is -4.51. The highest BCUT2D eigenvalue weighted by atomic mass is 35.5. The maximum Gasteiger partial charge on any atom is 0.416 e. The van der Waals surface area contributed by atoms with E-state index in [-0.39, 0.29) is 15.8 Å². The second-order valence-corrected chi connectivity index (χ2v) is 6.79. The molecule has 2 N–H and O–H groups in total. The molecule has 0 atom stereocenters. The fourth-order valence-corrected chi connectivity index (χ4v) is 2.81. The number of halogens is 6. The number of benzene rings is 2. The van der Waals surface area contributed by atoms with Crippen LogP contribution in [0.1, 0.15) is 11.1 Å². The van der Waals surface area contributed by atoms with Crippen molar-refractivity contribution in [2.24, 2.45) is 0 Å². The van der Waals surface area contributed by atoms with E-state index in [2.05, 4.69) is 10.6 Å². The van der Waals surface area contributed by atoms with Gasteiger partial charge in [0.15, 0.2) is 5.11 Å². The summed E-state index contributed by atoms with van der Waals surface area (Å²) >= 11 is 22.5. The molecule has 0 aliphatic rings. The Morgan fingerprint density at radius 3 is 2.33 bits per heavy atom. The van der Waals surface area contributed by atoms with Gasteiger partial charge in [-0.25, -0.2) is 0 Å². The fraction of sp³-hybridized carbons (Fsp3) is 0.0588. The lowest BCUT2D eigenvalue weighted by Gasteiger charge is -2.12. The molecule has 0 radical (unpaired) electrons. The Labute approximate surface area is 173 Å². The molecule has 0 saturated carbocycles. The highest BCUT2D eigenvalue weighted by Gasteiger charge is 2.30. The van der Waals surface area contributed by atoms with Crippen molar-refractivity contribution in [2.45, 2.75) is 6.18 Å². The fourth-order valence-electron chi connectivity index (χ4n) is 1.90. The summed E-state index contributed by atoms with van der Waals surface area (Å²) in [4.78, 5) is 11.9. The summed E-state index contributed by atoms with van der Waals surface area (Å²) in [6.45, 7) is 0. The average molecular weight is 454 g/mol. The second-order valence-electron chi connectivity index (χ2n) is 5.13. The van der Waals surface area contributed by atoms with E-state index in [9.17, 15) is 18.0 Å². The van der Waals surface area contributed by atoms with Crippen LogP contribution >= 0.6 is 47.0 Å². The Bertz CT molecular complexity index is 917. The number of amides is 1. The Kier molecular flexibility index (Phi) is 7.11. The first-order valence-corrected chi connectivity index (χ1v) is 8.72. The van der Waals surface area contributed by atoms with Crippen LogP contribution < -0.4 is 10.6 Å². The highest BCUT2D eigenvalue weighted by molar-refractivity contribution is 7.80. The third kappa shape index (κ3) is 6.39. The Balaban J connectivity index is 1.99. The van der Waals surface area contributed by atoms with Crippen LogP contribution in [0.2, 0.25) is 15.1 Å². The van der Waals surface area contributed by atoms with Gasteiger partial charge in [0.2, 0.25) is 5.91 Å². The van der Waals surface area contributed by atoms with Crippen molar-refractivity contribution in [3.05, 3.63) is 68.7 Å². The molecule has 2 aromatic carbocycles. The number of hydrogen-bond acceptors (Lipinski definition) is 2. The molecular weight excluding hydrogens is 444 g/mol. The topological polar surface area (TPSA) is 41.1 Å². The van der Waals surface area contributed by atoms with Crippen molar-refractivity contribution in [1.82, 2.24) is 5.32 Å². The minimum absolute atomic E-state index is 0.125. The molecule has 27 heavy (non-hydrogen) atoms. The lowest BCUT2D eigenvalue weighted by molar-refractivity contribution is -0.137. The first kappa shape index (κ1) is 21.5. The van der Waals surface area contributed by atoms with Gasteiger partial charge in [0.05, 0.1) is 16.3 Å². The molecule has 0 heterocycles. The highest BCUT2D eigenvalue weighted by Crippen LogP contribution is 2.33. The van der Waals surface area contributed by atoms with Gasteiger partial charge >= 0.3 is 6.18 Å². The second kappa shape index (κ2) is 8.93. The largest absolute Gasteiger partial charge is 0.416 e. The minimum Gasteiger partial charge on any atom is -0.331 e. The number of anilines is 1. The third-order valence-corrected chi connectivity index (χ3v) is 4.24. The van der Waals surface area contributed by atoms with Crippen LogP contribution in [0.25, 0.3) is 6.08 Å². The molecule has 0 aliphatic heterocycles. The molecule has 0 bridgehead atoms. The maximum atomic E-state index is 12.6. The summed E-state index contributed by atoms with van der Waals surface area (Å²) in [5, 5.41) is 5.41. The molecule has 0 aromatic heterocycles. The summed E-state index contributed by atoms with van der Waals surface area (Å²) < 4.78 is 37.9. The van der Waals surface area contributed by atoms with Gasteiger partial charge in [0.25, 0.3) is 0 Å². The van der Waals surface area contributed by atoms with Gasteiger partial charge in [-0.1, -0.05) is 40.9 Å². The number of hydrogen-bond donors (Lipinski definition) is 2. The summed E-state index contributed by atoms with van der Waals surface area (Å²) in [6.07, 6.45) is -1.86. The number of carbonyl (C=O) groups is 1. The van der Waals surface area contributed by atoms with Crippen LogP contribution in [0.4, 0.5) is 18.9 Å². The quantitative estimate of drug-likeness (QED) is 0.430. The maximum absolute atomic E-state index is 12.6. The molecule has 0 fully saturated rings. The molecule has 0 saturated heterocycles. The zero-order chi connectivity index (χ0) is 20.2. The van der Waals surface area contributed by atoms with Crippen LogP contribution in [0, 0.1) is 0 Å². The molecule has 10 heteroatoms. The van der Waals surface area contributed by atoms with E-state index in [4.69, 9.17) is 47.0 Å². The van der Waals surface area contributed by atoms with Gasteiger partial charge in [0.1, 0.15) is 0 Å². The van der Waals surface area contributed by atoms with E-state index < -0.39 is 17.6 Å². The molecule has 3 nitrogen and oxygen atoms in total. The zero-order valence-electron chi connectivity index (χ0n) is 13.2. The lowest BCUT2D eigenvalue weighted by Crippen LogP contribution is -2.32. The summed E-state index contributed by atoms with van der Waals surface area (Å²) in [7, 11) is 0. The van der Waals surface area contributed by atoms with Crippen molar-refractivity contribution >= 4 is 69.8 Å². The third-order valence-electron chi connectivity index (χ3n) is 3.16. The number of nitrogens with one attached hydrogen (secondary N) is 2. The van der Waals surface area contributed by atoms with Gasteiger partial charge in [-0.05, 0) is 54.2 Å². The van der Waals surface area contributed by atoms with Gasteiger partial charge in [-0.2, -0.15) is 13.2 Å². The van der Waals surface area contributed by atoms with Crippen molar-refractivity contribution < 1.29 is 18.0 Å². The van der Waals surface area contributed by atoms with Gasteiger partial charge in [-0.3, -0.25) is 10.1 Å². The molecule has 2 rings (SSSR count). The summed E-state index contributed by atoms with van der Waals surface area (Å²) in [5.74, 6) is -0.568. The number of carbonyl (C=O) groups excluding carboxylic acids is 1. The zero-order valence-corrected chi connectivity index (χ0v) is 16.3. The van der Waals surface area contributed by atoms with Crippen LogP contribution in [0.3, 0.4) is 0 Å². The number of thiocarbonyl (C=S) groups is 1. The normalized spacial score (nSPS) is 11.5. The van der Waals surface area contributed by atoms with E-state index >= 15 is 0 Å². The predicted octanol–water partition coefficient (Wildman–Crippen LogP) is 6.19. The SMILES string of the molecule is O=C(/C=C/c1ccc(Cl)cc1Cl)NC(=S)Nc1ccc(C(F)(F)F)cc1Cl. The Morgan fingerprint density at radius 2 is 1.74 bits per heavy atom. The van der Waals surface area contributed by atoms with E-state index in [1.807, 2.05) is 0 Å². The number of rotatable bonds is 3. The molecule has 0 unspecified atom stereocenters. The van der Waals surface area contributed by atoms with Crippen LogP contribution in [0.5, 0.6) is 0 Å². The van der Waals surface area contributed by atoms with E-state index in [0.717, 1.165) is 18.2 Å². The van der Waals surface area contributed by atoms with Gasteiger partial charge in [0, 0.05) is 16.1 Å². The van der Waals surface area contributed by atoms with Crippen LogP contribution in [-0.2, 0) is 11.0 Å². The molecule has 0 aliphatic carbocycles. The van der Waals surface area contributed by atoms with E-state index in [1.54, 1.807) is 12.1 Å². The van der Waals surface area contributed by atoms with Gasteiger partial charge in [-0.15, -0.1) is 0 Å². The molecule has 2 aromatic rings. The van der Waals surface area contributed by atoms with Crippen molar-refractivity contribution in [2.75, 3.05) is 5.32 Å². The molecule has 142 valence electrons. The van der Waals surface area contributed by atoms with Crippen LogP contribution in [0.15, 0.2) is 42.5 Å². The van der Waals surface area contributed by atoms with E-state index in [1.165, 1.54) is 18.2 Å². The van der Waals surface area contributed by atoms with Crippen molar-refractivity contribution in [3.63, 3.8) is 0 Å². The molecule has 0 spiro atoms. The lowest BCUT2D eigenvalue weighted by atomic mass is 10.2. The van der Waals surface area contributed by atoms with E-state index in [0.29, 0.717) is 15.6 Å². The monoisotopic (exact) mass is 452 g/mol. The Hall–Kier alpha value is -1.80. The molecular formula is C17H10Cl3F3N2OS. The average Bonchev–Trinajstić information content (AvgIpc) is 2.55.